The first-order valence-corrected chi connectivity index (χ1v) is 11.1. The van der Waals surface area contributed by atoms with E-state index in [1.807, 2.05) is 0 Å². The van der Waals surface area contributed by atoms with Crippen LogP contribution in [0.4, 0.5) is 20.3 Å². The molecule has 0 saturated heterocycles. The van der Waals surface area contributed by atoms with Crippen molar-refractivity contribution in [3.63, 3.8) is 0 Å². The number of hydrogen-bond donors (Lipinski definition) is 2. The van der Waals surface area contributed by atoms with E-state index in [2.05, 4.69) is 15.6 Å². The monoisotopic (exact) mass is 480 g/mol. The van der Waals surface area contributed by atoms with Crippen LogP contribution in [-0.2, 0) is 14.4 Å². The lowest BCUT2D eigenvalue weighted by Gasteiger charge is -2.32. The number of halogens is 2. The Balaban J connectivity index is 1.93. The molecule has 1 heterocycles. The van der Waals surface area contributed by atoms with Crippen LogP contribution in [-0.4, -0.2) is 28.7 Å². The lowest BCUT2D eigenvalue weighted by Crippen LogP contribution is -2.46. The van der Waals surface area contributed by atoms with Gasteiger partial charge in [0.2, 0.25) is 17.7 Å². The number of hydrogen-bond acceptors (Lipinski definition) is 4. The molecule has 9 heteroatoms. The van der Waals surface area contributed by atoms with Crippen molar-refractivity contribution in [2.75, 3.05) is 10.2 Å². The molecule has 1 aromatic heterocycles. The van der Waals surface area contributed by atoms with Gasteiger partial charge in [-0.2, -0.15) is 0 Å². The predicted molar refractivity (Wildman–Crippen MR) is 128 cm³/mol. The van der Waals surface area contributed by atoms with E-state index >= 15 is 0 Å². The van der Waals surface area contributed by atoms with Gasteiger partial charge in [0.15, 0.2) is 0 Å². The SMILES string of the molecule is CC(C)NC(=O)[C@H](c1ccc(F)cc1)N(C(=O)CCC(=O)Nc1ccccn1)c1cccc(F)c1. The molecule has 3 amide bonds. The number of carbonyl (C=O) groups is 3. The van der Waals surface area contributed by atoms with Crippen molar-refractivity contribution in [2.24, 2.45) is 0 Å². The Morgan fingerprint density at radius 1 is 0.914 bits per heavy atom. The molecule has 0 aliphatic heterocycles. The van der Waals surface area contributed by atoms with Crippen molar-refractivity contribution in [3.05, 3.63) is 90.1 Å². The molecule has 0 aliphatic carbocycles. The maximum Gasteiger partial charge on any atom is 0.248 e. The molecule has 0 unspecified atom stereocenters. The molecule has 35 heavy (non-hydrogen) atoms. The van der Waals surface area contributed by atoms with Crippen LogP contribution in [0.5, 0.6) is 0 Å². The van der Waals surface area contributed by atoms with Crippen LogP contribution in [0.15, 0.2) is 72.9 Å². The number of nitrogens with one attached hydrogen (secondary N) is 2. The number of anilines is 2. The van der Waals surface area contributed by atoms with Gasteiger partial charge in [0.05, 0.1) is 0 Å². The molecule has 0 bridgehead atoms. The second kappa shape index (κ2) is 11.8. The van der Waals surface area contributed by atoms with Crippen LogP contribution < -0.4 is 15.5 Å². The van der Waals surface area contributed by atoms with Crippen molar-refractivity contribution in [3.8, 4) is 0 Å². The molecule has 0 fully saturated rings. The molecule has 0 radical (unpaired) electrons. The summed E-state index contributed by atoms with van der Waals surface area (Å²) >= 11 is 0. The van der Waals surface area contributed by atoms with E-state index in [0.717, 1.165) is 11.0 Å². The Bertz CT molecular complexity index is 1170. The summed E-state index contributed by atoms with van der Waals surface area (Å²) < 4.78 is 27.7. The number of amides is 3. The summed E-state index contributed by atoms with van der Waals surface area (Å²) in [5.74, 6) is -2.32. The largest absolute Gasteiger partial charge is 0.352 e. The van der Waals surface area contributed by atoms with E-state index in [-0.39, 0.29) is 24.6 Å². The lowest BCUT2D eigenvalue weighted by atomic mass is 10.0. The van der Waals surface area contributed by atoms with Gasteiger partial charge >= 0.3 is 0 Å². The van der Waals surface area contributed by atoms with Crippen molar-refractivity contribution in [1.29, 1.82) is 0 Å². The van der Waals surface area contributed by atoms with Crippen LogP contribution in [0.1, 0.15) is 38.3 Å². The molecule has 2 N–H and O–H groups in total. The van der Waals surface area contributed by atoms with Gasteiger partial charge < -0.3 is 10.6 Å². The number of nitrogens with zero attached hydrogens (tertiary/aromatic N) is 2. The fraction of sp³-hybridized carbons (Fsp3) is 0.231. The summed E-state index contributed by atoms with van der Waals surface area (Å²) in [6, 6.07) is 14.0. The van der Waals surface area contributed by atoms with Crippen LogP contribution >= 0.6 is 0 Å². The number of aromatic nitrogens is 1. The normalized spacial score (nSPS) is 11.6. The number of rotatable bonds is 9. The Hall–Kier alpha value is -4.14. The van der Waals surface area contributed by atoms with E-state index in [4.69, 9.17) is 0 Å². The van der Waals surface area contributed by atoms with Crippen molar-refractivity contribution >= 4 is 29.2 Å². The molecule has 7 nitrogen and oxygen atoms in total. The minimum atomic E-state index is -1.22. The molecule has 0 spiro atoms. The maximum atomic E-state index is 14.1. The van der Waals surface area contributed by atoms with E-state index < -0.39 is 35.4 Å². The highest BCUT2D eigenvalue weighted by molar-refractivity contribution is 6.03. The fourth-order valence-corrected chi connectivity index (χ4v) is 3.47. The number of benzene rings is 2. The van der Waals surface area contributed by atoms with Crippen LogP contribution in [0, 0.1) is 11.6 Å². The van der Waals surface area contributed by atoms with Gasteiger partial charge in [-0.05, 0) is 61.9 Å². The Labute approximate surface area is 202 Å². The lowest BCUT2D eigenvalue weighted by molar-refractivity contribution is -0.127. The van der Waals surface area contributed by atoms with E-state index in [0.29, 0.717) is 11.4 Å². The highest BCUT2D eigenvalue weighted by atomic mass is 19.1. The average molecular weight is 481 g/mol. The summed E-state index contributed by atoms with van der Waals surface area (Å²) in [5, 5.41) is 5.36. The summed E-state index contributed by atoms with van der Waals surface area (Å²) in [6.07, 6.45) is 1.07. The van der Waals surface area contributed by atoms with Gasteiger partial charge in [0, 0.05) is 30.8 Å². The Kier molecular flexibility index (Phi) is 8.61. The summed E-state index contributed by atoms with van der Waals surface area (Å²) in [7, 11) is 0. The number of pyridine rings is 1. The minimum Gasteiger partial charge on any atom is -0.352 e. The molecule has 1 atom stereocenters. The van der Waals surface area contributed by atoms with Crippen LogP contribution in [0.25, 0.3) is 0 Å². The Morgan fingerprint density at radius 2 is 1.66 bits per heavy atom. The van der Waals surface area contributed by atoms with Gasteiger partial charge in [0.25, 0.3) is 0 Å². The molecule has 0 aliphatic rings. The van der Waals surface area contributed by atoms with Gasteiger partial charge in [-0.1, -0.05) is 24.3 Å². The zero-order chi connectivity index (χ0) is 25.4. The maximum absolute atomic E-state index is 14.1. The Morgan fingerprint density at radius 3 is 2.29 bits per heavy atom. The molecule has 3 rings (SSSR count). The van der Waals surface area contributed by atoms with Crippen LogP contribution in [0.2, 0.25) is 0 Å². The molecule has 0 saturated carbocycles. The van der Waals surface area contributed by atoms with Crippen molar-refractivity contribution in [1.82, 2.24) is 10.3 Å². The predicted octanol–water partition coefficient (Wildman–Crippen LogP) is 4.38. The summed E-state index contributed by atoms with van der Waals surface area (Å²) in [5.41, 5.74) is 0.466. The first-order valence-electron chi connectivity index (χ1n) is 11.1. The molecular weight excluding hydrogens is 454 g/mol. The molecule has 2 aromatic carbocycles. The molecule has 3 aromatic rings. The average Bonchev–Trinajstić information content (AvgIpc) is 2.82. The van der Waals surface area contributed by atoms with Crippen molar-refractivity contribution in [2.45, 2.75) is 38.8 Å². The molecule has 182 valence electrons. The topological polar surface area (TPSA) is 91.4 Å². The van der Waals surface area contributed by atoms with Gasteiger partial charge in [-0.3, -0.25) is 19.3 Å². The van der Waals surface area contributed by atoms with Gasteiger partial charge in [0.1, 0.15) is 23.5 Å². The third-order valence-electron chi connectivity index (χ3n) is 4.98. The zero-order valence-corrected chi connectivity index (χ0v) is 19.4. The highest BCUT2D eigenvalue weighted by Gasteiger charge is 2.33. The molecular formula is C26H26F2N4O3. The smallest absolute Gasteiger partial charge is 0.248 e. The van der Waals surface area contributed by atoms with Crippen LogP contribution in [0.3, 0.4) is 0 Å². The second-order valence-electron chi connectivity index (χ2n) is 8.12. The quantitative estimate of drug-likeness (QED) is 0.476. The third-order valence-corrected chi connectivity index (χ3v) is 4.98. The van der Waals surface area contributed by atoms with Gasteiger partial charge in [-0.15, -0.1) is 0 Å². The number of carbonyl (C=O) groups excluding carboxylic acids is 3. The fourth-order valence-electron chi connectivity index (χ4n) is 3.47. The standard InChI is InChI=1S/C26H26F2N4O3/c1-17(2)30-26(35)25(18-9-11-19(27)12-10-18)32(21-7-5-6-20(28)16-21)24(34)14-13-23(33)31-22-8-3-4-15-29-22/h3-12,15-17,25H,13-14H2,1-2H3,(H,30,35)(H,29,31,33)/t25-/m0/s1. The zero-order valence-electron chi connectivity index (χ0n) is 19.4. The van der Waals surface area contributed by atoms with Gasteiger partial charge in [-0.25, -0.2) is 13.8 Å². The summed E-state index contributed by atoms with van der Waals surface area (Å²) in [4.78, 5) is 44.2. The van der Waals surface area contributed by atoms with E-state index in [1.54, 1.807) is 32.0 Å². The first kappa shape index (κ1) is 25.5. The second-order valence-corrected chi connectivity index (χ2v) is 8.12. The van der Waals surface area contributed by atoms with Crippen molar-refractivity contribution < 1.29 is 23.2 Å². The third kappa shape index (κ3) is 7.17. The minimum absolute atomic E-state index is 0.133. The first-order chi connectivity index (χ1) is 16.7. The van der Waals surface area contributed by atoms with E-state index in [9.17, 15) is 23.2 Å². The summed E-state index contributed by atoms with van der Waals surface area (Å²) in [6.45, 7) is 3.52. The highest BCUT2D eigenvalue weighted by Crippen LogP contribution is 2.30. The van der Waals surface area contributed by atoms with E-state index in [1.165, 1.54) is 48.7 Å².